The van der Waals surface area contributed by atoms with Gasteiger partial charge in [-0.15, -0.1) is 0 Å². The van der Waals surface area contributed by atoms with Gasteiger partial charge in [0.2, 0.25) is 0 Å². The predicted octanol–water partition coefficient (Wildman–Crippen LogP) is 0.875. The van der Waals surface area contributed by atoms with E-state index in [-0.39, 0.29) is 11.3 Å². The average Bonchev–Trinajstić information content (AvgIpc) is 2.57. The van der Waals surface area contributed by atoms with E-state index in [2.05, 4.69) is 5.10 Å². The van der Waals surface area contributed by atoms with Gasteiger partial charge in [0.15, 0.2) is 0 Å². The monoisotopic (exact) mass is 219 g/mol. The first-order valence-electron chi connectivity index (χ1n) is 4.64. The van der Waals surface area contributed by atoms with Gasteiger partial charge in [0.1, 0.15) is 5.69 Å². The Morgan fingerprint density at radius 1 is 1.53 bits per heavy atom. The molecule has 0 unspecified atom stereocenters. The molecule has 4 nitrogen and oxygen atoms in total. The maximum atomic E-state index is 12.6. The first-order valence-corrected chi connectivity index (χ1v) is 4.64. The van der Waals surface area contributed by atoms with Gasteiger partial charge in [-0.25, -0.2) is 8.78 Å². The third-order valence-electron chi connectivity index (χ3n) is 2.10. The number of hydrogen-bond acceptors (Lipinski definition) is 3. The summed E-state index contributed by atoms with van der Waals surface area (Å²) in [6, 6.07) is 0. The van der Waals surface area contributed by atoms with Crippen molar-refractivity contribution in [3.8, 4) is 0 Å². The number of aliphatic hydroxyl groups is 1. The fourth-order valence-electron chi connectivity index (χ4n) is 1.28. The zero-order valence-electron chi connectivity index (χ0n) is 8.82. The molecule has 1 N–H and O–H groups in total. The van der Waals surface area contributed by atoms with Crippen molar-refractivity contribution in [1.29, 1.82) is 0 Å². The van der Waals surface area contributed by atoms with Gasteiger partial charge in [0, 0.05) is 12.1 Å². The minimum atomic E-state index is -2.60. The van der Waals surface area contributed by atoms with Crippen LogP contribution in [0.1, 0.15) is 17.7 Å². The van der Waals surface area contributed by atoms with Gasteiger partial charge in [-0.05, 0) is 14.1 Å². The van der Waals surface area contributed by atoms with E-state index in [4.69, 9.17) is 5.11 Å². The molecular weight excluding hydrogens is 204 g/mol. The Bertz CT molecular complexity index is 312. The summed E-state index contributed by atoms with van der Waals surface area (Å²) in [5.74, 6) is 0. The van der Waals surface area contributed by atoms with E-state index in [0.717, 1.165) is 0 Å². The number of nitrogens with zero attached hydrogens (tertiary/aromatic N) is 3. The molecule has 6 heteroatoms. The van der Waals surface area contributed by atoms with Gasteiger partial charge >= 0.3 is 0 Å². The molecule has 0 aliphatic rings. The molecule has 1 aromatic heterocycles. The highest BCUT2D eigenvalue weighted by atomic mass is 19.3. The first-order chi connectivity index (χ1) is 7.06. The van der Waals surface area contributed by atoms with Crippen molar-refractivity contribution < 1.29 is 13.9 Å². The molecule has 0 saturated carbocycles. The second-order valence-corrected chi connectivity index (χ2v) is 3.54. The van der Waals surface area contributed by atoms with Crippen LogP contribution in [0.15, 0.2) is 6.20 Å². The molecule has 0 spiro atoms. The van der Waals surface area contributed by atoms with Crippen molar-refractivity contribution in [2.24, 2.45) is 0 Å². The Balaban J connectivity index is 2.82. The van der Waals surface area contributed by atoms with Gasteiger partial charge in [-0.1, -0.05) is 0 Å². The van der Waals surface area contributed by atoms with Crippen molar-refractivity contribution in [2.75, 3.05) is 20.6 Å². The number of halogens is 2. The third kappa shape index (κ3) is 2.97. The highest BCUT2D eigenvalue weighted by Gasteiger charge is 2.19. The lowest BCUT2D eigenvalue weighted by atomic mass is 10.2. The Morgan fingerprint density at radius 2 is 2.20 bits per heavy atom. The maximum Gasteiger partial charge on any atom is 0.280 e. The fourth-order valence-corrected chi connectivity index (χ4v) is 1.28. The van der Waals surface area contributed by atoms with Crippen LogP contribution in [0.2, 0.25) is 0 Å². The molecule has 1 rings (SSSR count). The summed E-state index contributed by atoms with van der Waals surface area (Å²) >= 11 is 0. The molecule has 0 aliphatic heterocycles. The van der Waals surface area contributed by atoms with E-state index < -0.39 is 13.0 Å². The Labute approximate surface area is 87.1 Å². The van der Waals surface area contributed by atoms with Crippen LogP contribution in [-0.4, -0.2) is 40.4 Å². The number of likely N-dealkylation sites (N-methyl/N-ethyl adjacent to an activating group) is 1. The largest absolute Gasteiger partial charge is 0.392 e. The minimum Gasteiger partial charge on any atom is -0.392 e. The molecular formula is C9H15F2N3O. The van der Waals surface area contributed by atoms with Crippen LogP contribution < -0.4 is 0 Å². The van der Waals surface area contributed by atoms with E-state index in [1.807, 2.05) is 19.0 Å². The molecule has 0 aliphatic carbocycles. The summed E-state index contributed by atoms with van der Waals surface area (Å²) < 4.78 is 26.5. The van der Waals surface area contributed by atoms with Gasteiger partial charge < -0.3 is 10.0 Å². The molecule has 0 saturated heterocycles. The Morgan fingerprint density at radius 3 is 2.67 bits per heavy atom. The van der Waals surface area contributed by atoms with E-state index in [1.165, 1.54) is 10.9 Å². The van der Waals surface area contributed by atoms with Crippen molar-refractivity contribution in [2.45, 2.75) is 19.6 Å². The number of aliphatic hydroxyl groups excluding tert-OH is 1. The van der Waals surface area contributed by atoms with E-state index >= 15 is 0 Å². The van der Waals surface area contributed by atoms with Crippen LogP contribution in [0.25, 0.3) is 0 Å². The fraction of sp³-hybridized carbons (Fsp3) is 0.667. The third-order valence-corrected chi connectivity index (χ3v) is 2.10. The zero-order valence-corrected chi connectivity index (χ0v) is 8.82. The lowest BCUT2D eigenvalue weighted by Gasteiger charge is -2.12. The molecule has 0 aromatic carbocycles. The molecule has 0 radical (unpaired) electrons. The minimum absolute atomic E-state index is 0.181. The molecule has 0 bridgehead atoms. The van der Waals surface area contributed by atoms with Crippen LogP contribution in [0.4, 0.5) is 8.78 Å². The SMILES string of the molecule is CN(C)CCn1ncc(CO)c1C(F)F. The van der Waals surface area contributed by atoms with Crippen LogP contribution in [-0.2, 0) is 13.2 Å². The normalized spacial score (nSPS) is 11.7. The number of rotatable bonds is 5. The van der Waals surface area contributed by atoms with Gasteiger partial charge in [0.25, 0.3) is 6.43 Å². The molecule has 0 fully saturated rings. The van der Waals surface area contributed by atoms with E-state index in [9.17, 15) is 8.78 Å². The van der Waals surface area contributed by atoms with E-state index in [0.29, 0.717) is 13.1 Å². The zero-order chi connectivity index (χ0) is 11.4. The Kier molecular flexibility index (Phi) is 4.16. The molecule has 0 amide bonds. The van der Waals surface area contributed by atoms with Crippen molar-refractivity contribution >= 4 is 0 Å². The second-order valence-electron chi connectivity index (χ2n) is 3.54. The molecule has 0 atom stereocenters. The summed E-state index contributed by atoms with van der Waals surface area (Å²) in [5.41, 5.74) is 0.0168. The number of alkyl halides is 2. The molecule has 1 heterocycles. The summed E-state index contributed by atoms with van der Waals surface area (Å²) in [6.45, 7) is 0.626. The van der Waals surface area contributed by atoms with E-state index in [1.54, 1.807) is 0 Å². The van der Waals surface area contributed by atoms with Crippen LogP contribution in [0.5, 0.6) is 0 Å². The van der Waals surface area contributed by atoms with Crippen LogP contribution >= 0.6 is 0 Å². The predicted molar refractivity (Wildman–Crippen MR) is 51.7 cm³/mol. The van der Waals surface area contributed by atoms with Gasteiger partial charge in [-0.3, -0.25) is 4.68 Å². The van der Waals surface area contributed by atoms with Crippen molar-refractivity contribution in [3.63, 3.8) is 0 Å². The lowest BCUT2D eigenvalue weighted by molar-refractivity contribution is 0.134. The second kappa shape index (κ2) is 5.18. The van der Waals surface area contributed by atoms with Crippen molar-refractivity contribution in [1.82, 2.24) is 14.7 Å². The van der Waals surface area contributed by atoms with Crippen molar-refractivity contribution in [3.05, 3.63) is 17.5 Å². The highest BCUT2D eigenvalue weighted by Crippen LogP contribution is 2.22. The highest BCUT2D eigenvalue weighted by molar-refractivity contribution is 5.17. The molecule has 86 valence electrons. The maximum absolute atomic E-state index is 12.6. The van der Waals surface area contributed by atoms with Crippen LogP contribution in [0.3, 0.4) is 0 Å². The van der Waals surface area contributed by atoms with Crippen LogP contribution in [0, 0.1) is 0 Å². The first kappa shape index (κ1) is 12.1. The quantitative estimate of drug-likeness (QED) is 0.799. The number of aromatic nitrogens is 2. The summed E-state index contributed by atoms with van der Waals surface area (Å²) in [5, 5.41) is 12.7. The average molecular weight is 219 g/mol. The molecule has 1 aromatic rings. The smallest absolute Gasteiger partial charge is 0.280 e. The topological polar surface area (TPSA) is 41.3 Å². The number of hydrogen-bond donors (Lipinski definition) is 1. The van der Waals surface area contributed by atoms with Gasteiger partial charge in [-0.2, -0.15) is 5.10 Å². The lowest BCUT2D eigenvalue weighted by Crippen LogP contribution is -2.20. The van der Waals surface area contributed by atoms with Gasteiger partial charge in [0.05, 0.1) is 19.3 Å². The standard InChI is InChI=1S/C9H15F2N3O/c1-13(2)3-4-14-8(9(10)11)7(6-15)5-12-14/h5,9,15H,3-4,6H2,1-2H3. The summed E-state index contributed by atoms with van der Waals surface area (Å²) in [7, 11) is 3.72. The molecule has 15 heavy (non-hydrogen) atoms. The Hall–Kier alpha value is -1.01. The summed E-state index contributed by atoms with van der Waals surface area (Å²) in [6.07, 6.45) is -1.31. The summed E-state index contributed by atoms with van der Waals surface area (Å²) in [4.78, 5) is 1.88.